The number of hydrogen-bond donors (Lipinski definition) is 2. The van der Waals surface area contributed by atoms with Gasteiger partial charge in [-0.05, 0) is 25.7 Å². The molecule has 0 bridgehead atoms. The average Bonchev–Trinajstić information content (AvgIpc) is 2.58. The minimum absolute atomic E-state index is 0.237. The van der Waals surface area contributed by atoms with Gasteiger partial charge in [0.05, 0.1) is 0 Å². The third-order valence-electron chi connectivity index (χ3n) is 5.28. The van der Waals surface area contributed by atoms with Crippen molar-refractivity contribution in [3.8, 4) is 0 Å². The Morgan fingerprint density at radius 2 is 1.20 bits per heavy atom. The van der Waals surface area contributed by atoms with E-state index in [1.165, 1.54) is 89.9 Å². The Bertz CT molecular complexity index is 311. The van der Waals surface area contributed by atoms with Gasteiger partial charge in [0.1, 0.15) is 4.32 Å². The van der Waals surface area contributed by atoms with E-state index < -0.39 is 0 Å². The summed E-state index contributed by atoms with van der Waals surface area (Å²) in [5, 5.41) is 2.50. The lowest BCUT2D eigenvalue weighted by atomic mass is 9.81. The van der Waals surface area contributed by atoms with Gasteiger partial charge in [-0.25, -0.2) is 5.01 Å². The minimum Gasteiger partial charge on any atom is -0.304 e. The van der Waals surface area contributed by atoms with Crippen LogP contribution >= 0.6 is 24.8 Å². The van der Waals surface area contributed by atoms with E-state index in [9.17, 15) is 0 Å². The van der Waals surface area contributed by atoms with Crippen LogP contribution in [0.1, 0.15) is 118 Å². The van der Waals surface area contributed by atoms with Gasteiger partial charge >= 0.3 is 0 Å². The molecule has 0 amide bonds. The maximum atomic E-state index is 5.31. The third-order valence-corrected chi connectivity index (χ3v) is 5.47. The highest BCUT2D eigenvalue weighted by atomic mass is 32.1. The highest BCUT2D eigenvalue weighted by Crippen LogP contribution is 2.34. The molecule has 0 aliphatic rings. The molecule has 0 aromatic heterocycles. The number of rotatable bonds is 17. The molecular formula is C21H44N2S2. The average molecular weight is 389 g/mol. The first-order chi connectivity index (χ1) is 12.1. The van der Waals surface area contributed by atoms with Crippen LogP contribution in [0.15, 0.2) is 0 Å². The van der Waals surface area contributed by atoms with Gasteiger partial charge in [0, 0.05) is 12.1 Å². The molecule has 0 unspecified atom stereocenters. The van der Waals surface area contributed by atoms with E-state index in [2.05, 4.69) is 50.8 Å². The summed E-state index contributed by atoms with van der Waals surface area (Å²) in [6, 6.07) is 0. The Morgan fingerprint density at radius 1 is 0.760 bits per heavy atom. The van der Waals surface area contributed by atoms with E-state index in [0.29, 0.717) is 4.32 Å². The summed E-state index contributed by atoms with van der Waals surface area (Å²) in [5.41, 5.74) is 3.71. The van der Waals surface area contributed by atoms with E-state index in [-0.39, 0.29) is 5.54 Å². The minimum atomic E-state index is 0.237. The second-order valence-electron chi connectivity index (χ2n) is 7.52. The lowest BCUT2D eigenvalue weighted by Crippen LogP contribution is -2.56. The number of thiocarbonyl (C=S) groups is 1. The van der Waals surface area contributed by atoms with Crippen LogP contribution in [0.25, 0.3) is 0 Å². The topological polar surface area (TPSA) is 15.3 Å². The first-order valence-electron chi connectivity index (χ1n) is 10.8. The predicted octanol–water partition coefficient (Wildman–Crippen LogP) is 7.29. The SMILES string of the molecule is CCCCCN(NC(=S)S)C(CCCC)(CCCCC)CCCCC. The molecule has 0 aliphatic heterocycles. The molecule has 150 valence electrons. The van der Waals surface area contributed by atoms with E-state index in [0.717, 1.165) is 6.54 Å². The molecule has 0 spiro atoms. The van der Waals surface area contributed by atoms with Crippen molar-refractivity contribution in [2.45, 2.75) is 123 Å². The summed E-state index contributed by atoms with van der Waals surface area (Å²) < 4.78 is 0.614. The number of hydrogen-bond acceptors (Lipinski definition) is 2. The monoisotopic (exact) mass is 388 g/mol. The summed E-state index contributed by atoms with van der Waals surface area (Å²) >= 11 is 9.72. The first kappa shape index (κ1) is 25.2. The van der Waals surface area contributed by atoms with Crippen molar-refractivity contribution in [3.05, 3.63) is 0 Å². The van der Waals surface area contributed by atoms with Gasteiger partial charge < -0.3 is 5.43 Å². The lowest BCUT2D eigenvalue weighted by molar-refractivity contribution is 0.0280. The van der Waals surface area contributed by atoms with Gasteiger partial charge in [0.2, 0.25) is 0 Å². The van der Waals surface area contributed by atoms with Crippen LogP contribution in [0, 0.1) is 0 Å². The maximum absolute atomic E-state index is 5.31. The molecule has 0 rings (SSSR count). The summed E-state index contributed by atoms with van der Waals surface area (Å²) in [7, 11) is 0. The molecule has 2 nitrogen and oxygen atoms in total. The Kier molecular flexibility index (Phi) is 16.5. The molecule has 0 radical (unpaired) electrons. The number of nitrogens with one attached hydrogen (secondary N) is 1. The largest absolute Gasteiger partial charge is 0.304 e. The number of hydrazine groups is 1. The van der Waals surface area contributed by atoms with Crippen molar-refractivity contribution >= 4 is 29.2 Å². The number of unbranched alkanes of at least 4 members (excludes halogenated alkanes) is 7. The molecule has 0 fully saturated rings. The molecule has 1 N–H and O–H groups in total. The number of nitrogens with zero attached hydrogens (tertiary/aromatic N) is 1. The van der Waals surface area contributed by atoms with Crippen LogP contribution in [0.3, 0.4) is 0 Å². The quantitative estimate of drug-likeness (QED) is 0.118. The fourth-order valence-corrected chi connectivity index (χ4v) is 3.97. The molecule has 0 atom stereocenters. The van der Waals surface area contributed by atoms with Crippen molar-refractivity contribution < 1.29 is 0 Å². The van der Waals surface area contributed by atoms with Crippen LogP contribution in [0.4, 0.5) is 0 Å². The smallest absolute Gasteiger partial charge is 0.145 e. The van der Waals surface area contributed by atoms with Crippen LogP contribution in [0.5, 0.6) is 0 Å². The van der Waals surface area contributed by atoms with Crippen LogP contribution in [-0.4, -0.2) is 21.4 Å². The fraction of sp³-hybridized carbons (Fsp3) is 0.952. The zero-order chi connectivity index (χ0) is 19.0. The van der Waals surface area contributed by atoms with Gasteiger partial charge in [-0.2, -0.15) is 0 Å². The fourth-order valence-electron chi connectivity index (χ4n) is 3.74. The van der Waals surface area contributed by atoms with Crippen molar-refractivity contribution in [1.82, 2.24) is 10.4 Å². The Hall–Kier alpha value is 0.200. The van der Waals surface area contributed by atoms with Gasteiger partial charge in [-0.1, -0.05) is 104 Å². The molecule has 0 saturated carbocycles. The van der Waals surface area contributed by atoms with Crippen molar-refractivity contribution in [3.63, 3.8) is 0 Å². The van der Waals surface area contributed by atoms with Gasteiger partial charge in [-0.3, -0.25) is 0 Å². The maximum Gasteiger partial charge on any atom is 0.145 e. The van der Waals surface area contributed by atoms with E-state index in [1.807, 2.05) is 0 Å². The molecule has 0 saturated heterocycles. The van der Waals surface area contributed by atoms with Gasteiger partial charge in [-0.15, -0.1) is 12.6 Å². The normalized spacial score (nSPS) is 11.9. The van der Waals surface area contributed by atoms with E-state index >= 15 is 0 Å². The van der Waals surface area contributed by atoms with E-state index in [1.54, 1.807) is 0 Å². The summed E-state index contributed by atoms with van der Waals surface area (Å²) in [4.78, 5) is 0. The molecule has 25 heavy (non-hydrogen) atoms. The molecule has 0 aliphatic carbocycles. The van der Waals surface area contributed by atoms with Crippen LogP contribution in [0.2, 0.25) is 0 Å². The summed E-state index contributed by atoms with van der Waals surface area (Å²) in [6.45, 7) is 10.3. The standard InChI is InChI=1S/C21H44N2S2/c1-5-9-13-17-21(16-12-8-4,18-14-10-6-2)23(22-20(24)25)19-15-11-7-3/h5-19H2,1-4H3,(H2,22,24,25). The van der Waals surface area contributed by atoms with Crippen LogP contribution in [-0.2, 0) is 0 Å². The zero-order valence-electron chi connectivity index (χ0n) is 17.4. The Balaban J connectivity index is 5.33. The zero-order valence-corrected chi connectivity index (χ0v) is 19.1. The van der Waals surface area contributed by atoms with Crippen molar-refractivity contribution in [2.75, 3.05) is 6.54 Å². The molecule has 0 heterocycles. The van der Waals surface area contributed by atoms with Crippen LogP contribution < -0.4 is 5.43 Å². The molecule has 4 heteroatoms. The second-order valence-corrected chi connectivity index (χ2v) is 8.68. The number of thiol groups is 1. The second kappa shape index (κ2) is 16.4. The summed E-state index contributed by atoms with van der Waals surface area (Å²) in [6.07, 6.45) is 18.0. The summed E-state index contributed by atoms with van der Waals surface area (Å²) in [5.74, 6) is 0. The van der Waals surface area contributed by atoms with Gasteiger partial charge in [0.15, 0.2) is 0 Å². The van der Waals surface area contributed by atoms with E-state index in [4.69, 9.17) is 12.2 Å². The Morgan fingerprint density at radius 3 is 1.64 bits per heavy atom. The molecular weight excluding hydrogens is 344 g/mol. The highest BCUT2D eigenvalue weighted by molar-refractivity contribution is 8.11. The van der Waals surface area contributed by atoms with Crippen molar-refractivity contribution in [2.24, 2.45) is 0 Å². The molecule has 0 aromatic carbocycles. The van der Waals surface area contributed by atoms with Crippen molar-refractivity contribution in [1.29, 1.82) is 0 Å². The highest BCUT2D eigenvalue weighted by Gasteiger charge is 2.35. The first-order valence-corrected chi connectivity index (χ1v) is 11.7. The predicted molar refractivity (Wildman–Crippen MR) is 121 cm³/mol. The van der Waals surface area contributed by atoms with Gasteiger partial charge in [0.25, 0.3) is 0 Å². The lowest BCUT2D eigenvalue weighted by Gasteiger charge is -2.45. The Labute approximate surface area is 169 Å². The molecule has 0 aromatic rings. The third kappa shape index (κ3) is 11.5.